The van der Waals surface area contributed by atoms with Crippen LogP contribution in [0, 0.1) is 6.92 Å². The summed E-state index contributed by atoms with van der Waals surface area (Å²) in [5.41, 5.74) is 3.41. The van der Waals surface area contributed by atoms with E-state index in [0.29, 0.717) is 12.1 Å². The fourth-order valence-electron chi connectivity index (χ4n) is 3.82. The third-order valence-corrected chi connectivity index (χ3v) is 6.70. The lowest BCUT2D eigenvalue weighted by Gasteiger charge is -2.33. The van der Waals surface area contributed by atoms with E-state index in [1.807, 2.05) is 71.0 Å². The number of rotatable bonds is 11. The lowest BCUT2D eigenvalue weighted by atomic mass is 10.1. The number of nitrogens with one attached hydrogen (secondary N) is 1. The van der Waals surface area contributed by atoms with Gasteiger partial charge in [-0.3, -0.25) is 13.9 Å². The molecule has 1 N–H and O–H groups in total. The second kappa shape index (κ2) is 12.0. The molecule has 0 aliphatic rings. The number of carbonyl (C=O) groups excluding carboxylic acids is 2. The summed E-state index contributed by atoms with van der Waals surface area (Å²) in [6.45, 7) is 9.37. The molecule has 0 bridgehead atoms. The molecule has 0 radical (unpaired) electrons. The topological polar surface area (TPSA) is 86.8 Å². The zero-order valence-electron chi connectivity index (χ0n) is 21.0. The molecule has 34 heavy (non-hydrogen) atoms. The molecule has 0 unspecified atom stereocenters. The van der Waals surface area contributed by atoms with Crippen LogP contribution in [0.5, 0.6) is 0 Å². The van der Waals surface area contributed by atoms with Gasteiger partial charge in [-0.05, 0) is 56.9 Å². The van der Waals surface area contributed by atoms with Gasteiger partial charge in [0, 0.05) is 12.6 Å². The summed E-state index contributed by atoms with van der Waals surface area (Å²) in [6.07, 6.45) is 2.31. The van der Waals surface area contributed by atoms with Crippen LogP contribution in [0.1, 0.15) is 50.8 Å². The Morgan fingerprint density at radius 1 is 1.00 bits per heavy atom. The standard InChI is InChI=1S/C26H37N3O4S/c1-7-21-12-14-23(15-13-21)29(34(6,32)33)18-25(30)28(17-22-11-9-10-20(5)16-22)24(8-2)26(31)27-19(3)4/h9-16,19,24H,7-8,17-18H2,1-6H3,(H,27,31)/t24-/m1/s1. The second-order valence-corrected chi connectivity index (χ2v) is 10.8. The number of sulfonamides is 1. The van der Waals surface area contributed by atoms with Gasteiger partial charge in [-0.25, -0.2) is 8.42 Å². The summed E-state index contributed by atoms with van der Waals surface area (Å²) in [5.74, 6) is -0.686. The van der Waals surface area contributed by atoms with Gasteiger partial charge in [0.25, 0.3) is 0 Å². The SMILES string of the molecule is CCc1ccc(N(CC(=O)N(Cc2cccc(C)c2)[C@H](CC)C(=O)NC(C)C)S(C)(=O)=O)cc1. The number of amides is 2. The maximum absolute atomic E-state index is 13.6. The van der Waals surface area contributed by atoms with Gasteiger partial charge in [-0.1, -0.05) is 55.8 Å². The van der Waals surface area contributed by atoms with Crippen LogP contribution in [-0.4, -0.2) is 50.0 Å². The van der Waals surface area contributed by atoms with Crippen LogP contribution >= 0.6 is 0 Å². The molecule has 0 aliphatic heterocycles. The van der Waals surface area contributed by atoms with Crippen LogP contribution in [0.3, 0.4) is 0 Å². The first-order valence-corrected chi connectivity index (χ1v) is 13.5. The highest BCUT2D eigenvalue weighted by atomic mass is 32.2. The summed E-state index contributed by atoms with van der Waals surface area (Å²) in [7, 11) is -3.73. The van der Waals surface area contributed by atoms with E-state index in [1.165, 1.54) is 4.90 Å². The zero-order valence-corrected chi connectivity index (χ0v) is 21.9. The molecule has 2 aromatic rings. The van der Waals surface area contributed by atoms with E-state index in [2.05, 4.69) is 5.32 Å². The highest BCUT2D eigenvalue weighted by molar-refractivity contribution is 7.92. The van der Waals surface area contributed by atoms with Gasteiger partial charge in [0.1, 0.15) is 12.6 Å². The quantitative estimate of drug-likeness (QED) is 0.524. The van der Waals surface area contributed by atoms with Crippen LogP contribution in [0.25, 0.3) is 0 Å². The molecule has 0 saturated carbocycles. The molecule has 0 fully saturated rings. The lowest BCUT2D eigenvalue weighted by Crippen LogP contribution is -2.53. The molecule has 0 heterocycles. The van der Waals surface area contributed by atoms with E-state index in [1.54, 1.807) is 12.1 Å². The summed E-state index contributed by atoms with van der Waals surface area (Å²) < 4.78 is 26.4. The minimum atomic E-state index is -3.73. The third kappa shape index (κ3) is 7.58. The average Bonchev–Trinajstić information content (AvgIpc) is 2.76. The maximum atomic E-state index is 13.6. The number of hydrogen-bond donors (Lipinski definition) is 1. The normalized spacial score (nSPS) is 12.3. The molecule has 186 valence electrons. The van der Waals surface area contributed by atoms with Crippen LogP contribution in [0.2, 0.25) is 0 Å². The van der Waals surface area contributed by atoms with E-state index in [9.17, 15) is 18.0 Å². The Labute approximate surface area is 204 Å². The fraction of sp³-hybridized carbons (Fsp3) is 0.462. The van der Waals surface area contributed by atoms with Crippen molar-refractivity contribution in [1.82, 2.24) is 10.2 Å². The van der Waals surface area contributed by atoms with Gasteiger partial charge in [0.15, 0.2) is 0 Å². The first-order chi connectivity index (χ1) is 16.0. The van der Waals surface area contributed by atoms with Gasteiger partial charge in [0.05, 0.1) is 11.9 Å². The van der Waals surface area contributed by atoms with Crippen LogP contribution in [-0.2, 0) is 32.6 Å². The molecule has 2 aromatic carbocycles. The molecular formula is C26H37N3O4S. The van der Waals surface area contributed by atoms with Crippen molar-refractivity contribution in [2.75, 3.05) is 17.1 Å². The van der Waals surface area contributed by atoms with Crippen LogP contribution < -0.4 is 9.62 Å². The Morgan fingerprint density at radius 2 is 1.65 bits per heavy atom. The van der Waals surface area contributed by atoms with Crippen molar-refractivity contribution in [3.8, 4) is 0 Å². The Balaban J connectivity index is 2.43. The van der Waals surface area contributed by atoms with E-state index in [4.69, 9.17) is 0 Å². The lowest BCUT2D eigenvalue weighted by molar-refractivity contribution is -0.140. The van der Waals surface area contributed by atoms with Crippen molar-refractivity contribution < 1.29 is 18.0 Å². The molecule has 7 nitrogen and oxygen atoms in total. The first-order valence-electron chi connectivity index (χ1n) is 11.7. The third-order valence-electron chi connectivity index (χ3n) is 5.56. The van der Waals surface area contributed by atoms with Crippen LogP contribution in [0.4, 0.5) is 5.69 Å². The summed E-state index contributed by atoms with van der Waals surface area (Å²) in [5, 5.41) is 2.89. The van der Waals surface area contributed by atoms with E-state index < -0.39 is 22.0 Å². The van der Waals surface area contributed by atoms with E-state index >= 15 is 0 Å². The average molecular weight is 488 g/mol. The van der Waals surface area contributed by atoms with E-state index in [0.717, 1.165) is 33.7 Å². The van der Waals surface area contributed by atoms with E-state index in [-0.39, 0.29) is 25.0 Å². The predicted octanol–water partition coefficient (Wildman–Crippen LogP) is 3.66. The minimum absolute atomic E-state index is 0.0814. The molecule has 2 rings (SSSR count). The Bertz CT molecular complexity index is 1080. The highest BCUT2D eigenvalue weighted by Gasteiger charge is 2.31. The second-order valence-electron chi connectivity index (χ2n) is 8.89. The van der Waals surface area contributed by atoms with Gasteiger partial charge in [0.2, 0.25) is 21.8 Å². The summed E-state index contributed by atoms with van der Waals surface area (Å²) >= 11 is 0. The predicted molar refractivity (Wildman–Crippen MR) is 137 cm³/mol. The Kier molecular flexibility index (Phi) is 9.67. The Morgan fingerprint density at radius 3 is 2.15 bits per heavy atom. The van der Waals surface area contributed by atoms with Crippen molar-refractivity contribution >= 4 is 27.5 Å². The van der Waals surface area contributed by atoms with Gasteiger partial charge < -0.3 is 10.2 Å². The van der Waals surface area contributed by atoms with Crippen molar-refractivity contribution in [2.45, 2.75) is 66.1 Å². The number of benzene rings is 2. The molecule has 0 spiro atoms. The van der Waals surface area contributed by atoms with Crippen molar-refractivity contribution in [3.05, 3.63) is 65.2 Å². The summed E-state index contributed by atoms with van der Waals surface area (Å²) in [4.78, 5) is 28.1. The highest BCUT2D eigenvalue weighted by Crippen LogP contribution is 2.21. The largest absolute Gasteiger partial charge is 0.352 e. The van der Waals surface area contributed by atoms with Crippen molar-refractivity contribution in [2.24, 2.45) is 0 Å². The van der Waals surface area contributed by atoms with Gasteiger partial charge in [-0.2, -0.15) is 0 Å². The molecule has 1 atom stereocenters. The zero-order chi connectivity index (χ0) is 25.5. The van der Waals surface area contributed by atoms with Crippen molar-refractivity contribution in [1.29, 1.82) is 0 Å². The monoisotopic (exact) mass is 487 g/mol. The Hall–Kier alpha value is -2.87. The van der Waals surface area contributed by atoms with Crippen LogP contribution in [0.15, 0.2) is 48.5 Å². The first kappa shape index (κ1) is 27.4. The number of hydrogen-bond acceptors (Lipinski definition) is 4. The molecule has 8 heteroatoms. The molecule has 0 saturated heterocycles. The maximum Gasteiger partial charge on any atom is 0.244 e. The minimum Gasteiger partial charge on any atom is -0.352 e. The van der Waals surface area contributed by atoms with Crippen molar-refractivity contribution in [3.63, 3.8) is 0 Å². The number of anilines is 1. The molecule has 0 aromatic heterocycles. The van der Waals surface area contributed by atoms with Gasteiger partial charge in [-0.15, -0.1) is 0 Å². The molecule has 0 aliphatic carbocycles. The van der Waals surface area contributed by atoms with Gasteiger partial charge >= 0.3 is 0 Å². The molecular weight excluding hydrogens is 450 g/mol. The number of nitrogens with zero attached hydrogens (tertiary/aromatic N) is 2. The smallest absolute Gasteiger partial charge is 0.244 e. The number of aryl methyl sites for hydroxylation is 2. The molecule has 2 amide bonds. The fourth-order valence-corrected chi connectivity index (χ4v) is 4.67. The summed E-state index contributed by atoms with van der Waals surface area (Å²) in [6, 6.07) is 14.1. The number of carbonyl (C=O) groups is 2.